The second kappa shape index (κ2) is 8.51. The number of nitrogens with one attached hydrogen (secondary N) is 1. The van der Waals surface area contributed by atoms with Crippen LogP contribution in [-0.4, -0.2) is 26.4 Å². The predicted octanol–water partition coefficient (Wildman–Crippen LogP) is 4.43. The van der Waals surface area contributed by atoms with Crippen molar-refractivity contribution < 1.29 is 19.1 Å². The Morgan fingerprint density at radius 2 is 1.78 bits per heavy atom. The second-order valence-corrected chi connectivity index (χ2v) is 6.85. The molecule has 6 heteroatoms. The molecule has 0 aliphatic heterocycles. The highest BCUT2D eigenvalue weighted by Crippen LogP contribution is 2.35. The highest BCUT2D eigenvalue weighted by Gasteiger charge is 2.14. The van der Waals surface area contributed by atoms with Crippen molar-refractivity contribution in [1.82, 2.24) is 0 Å². The van der Waals surface area contributed by atoms with Gasteiger partial charge in [0.2, 0.25) is 5.91 Å². The van der Waals surface area contributed by atoms with Crippen molar-refractivity contribution in [3.63, 3.8) is 0 Å². The molecule has 2 aromatic carbocycles. The normalized spacial score (nSPS) is 10.3. The number of hydrogen-bond donors (Lipinski definition) is 1. The largest absolute Gasteiger partial charge is 0.493 e. The van der Waals surface area contributed by atoms with Gasteiger partial charge in [-0.25, -0.2) is 0 Å². The Hall–Kier alpha value is -3.12. The first-order valence-electron chi connectivity index (χ1n) is 8.29. The molecular formula is C21H19NO4S. The van der Waals surface area contributed by atoms with Crippen LogP contribution in [0.3, 0.4) is 0 Å². The summed E-state index contributed by atoms with van der Waals surface area (Å²) in [4.78, 5) is 24.8. The van der Waals surface area contributed by atoms with Gasteiger partial charge >= 0.3 is 0 Å². The van der Waals surface area contributed by atoms with Crippen molar-refractivity contribution in [2.75, 3.05) is 19.5 Å². The lowest BCUT2D eigenvalue weighted by molar-refractivity contribution is -0.115. The zero-order valence-electron chi connectivity index (χ0n) is 15.0. The Balaban J connectivity index is 1.76. The van der Waals surface area contributed by atoms with Crippen LogP contribution in [0, 0.1) is 0 Å². The van der Waals surface area contributed by atoms with Crippen molar-refractivity contribution in [2.24, 2.45) is 0 Å². The van der Waals surface area contributed by atoms with Gasteiger partial charge in [-0.3, -0.25) is 9.59 Å². The molecule has 3 rings (SSSR count). The zero-order valence-corrected chi connectivity index (χ0v) is 15.8. The van der Waals surface area contributed by atoms with Gasteiger partial charge in [-0.2, -0.15) is 0 Å². The first kappa shape index (κ1) is 18.7. The minimum absolute atomic E-state index is 0.164. The summed E-state index contributed by atoms with van der Waals surface area (Å²) < 4.78 is 10.5. The number of rotatable bonds is 7. The lowest BCUT2D eigenvalue weighted by Gasteiger charge is -2.09. The maximum atomic E-state index is 12.5. The number of thiophene rings is 1. The molecule has 1 heterocycles. The first-order chi connectivity index (χ1) is 13.1. The fourth-order valence-corrected chi connectivity index (χ4v) is 3.73. The van der Waals surface area contributed by atoms with E-state index in [1.807, 2.05) is 36.4 Å². The molecule has 0 aliphatic carbocycles. The lowest BCUT2D eigenvalue weighted by atomic mass is 10.1. The minimum atomic E-state index is -0.202. The van der Waals surface area contributed by atoms with E-state index in [1.54, 1.807) is 32.4 Å². The molecule has 0 bridgehead atoms. The first-order valence-corrected chi connectivity index (χ1v) is 9.11. The van der Waals surface area contributed by atoms with Crippen LogP contribution in [0.15, 0.2) is 54.6 Å². The number of amides is 1. The average molecular weight is 381 g/mol. The molecule has 0 saturated heterocycles. The number of carbonyl (C=O) groups excluding carboxylic acids is 2. The number of ether oxygens (including phenoxy) is 2. The molecule has 138 valence electrons. The Morgan fingerprint density at radius 1 is 1.04 bits per heavy atom. The molecule has 1 amide bonds. The van der Waals surface area contributed by atoms with E-state index >= 15 is 0 Å². The lowest BCUT2D eigenvalue weighted by Crippen LogP contribution is -2.14. The van der Waals surface area contributed by atoms with Gasteiger partial charge in [0.05, 0.1) is 20.6 Å². The van der Waals surface area contributed by atoms with E-state index < -0.39 is 0 Å². The molecule has 0 saturated carbocycles. The van der Waals surface area contributed by atoms with E-state index in [0.29, 0.717) is 22.1 Å². The summed E-state index contributed by atoms with van der Waals surface area (Å²) in [5.74, 6) is 0.973. The summed E-state index contributed by atoms with van der Waals surface area (Å²) in [5.41, 5.74) is 2.27. The summed E-state index contributed by atoms with van der Waals surface area (Å²) in [5, 5.41) is 3.39. The fourth-order valence-electron chi connectivity index (χ4n) is 2.68. The standard InChI is InChI=1S/C21H19NO4S/c1-25-17-9-8-14(10-18(17)26-2)11-20(24)22-21-16(13-23)12-19(27-21)15-6-4-3-5-7-15/h3-10,12-13H,11H2,1-2H3,(H,22,24). The topological polar surface area (TPSA) is 64.6 Å². The molecular weight excluding hydrogens is 362 g/mol. The Labute approximate surface area is 161 Å². The molecule has 0 atom stereocenters. The van der Waals surface area contributed by atoms with Crippen LogP contribution in [0.1, 0.15) is 15.9 Å². The van der Waals surface area contributed by atoms with E-state index in [9.17, 15) is 9.59 Å². The van der Waals surface area contributed by atoms with E-state index in [-0.39, 0.29) is 12.3 Å². The van der Waals surface area contributed by atoms with Crippen molar-refractivity contribution >= 4 is 28.5 Å². The van der Waals surface area contributed by atoms with Gasteiger partial charge in [0, 0.05) is 10.4 Å². The van der Waals surface area contributed by atoms with E-state index in [2.05, 4.69) is 5.32 Å². The Kier molecular flexibility index (Phi) is 5.88. The van der Waals surface area contributed by atoms with Crippen LogP contribution in [-0.2, 0) is 11.2 Å². The molecule has 0 spiro atoms. The van der Waals surface area contributed by atoms with Crippen molar-refractivity contribution in [3.8, 4) is 21.9 Å². The molecule has 1 N–H and O–H groups in total. The molecule has 5 nitrogen and oxygen atoms in total. The number of aldehydes is 1. The second-order valence-electron chi connectivity index (χ2n) is 5.79. The van der Waals surface area contributed by atoms with Crippen molar-refractivity contribution in [3.05, 3.63) is 65.7 Å². The molecule has 0 fully saturated rings. The smallest absolute Gasteiger partial charge is 0.229 e. The van der Waals surface area contributed by atoms with Crippen LogP contribution in [0.4, 0.5) is 5.00 Å². The summed E-state index contributed by atoms with van der Waals surface area (Å²) in [6.07, 6.45) is 0.923. The Bertz CT molecular complexity index is 950. The van der Waals surface area contributed by atoms with Gasteiger partial charge in [0.15, 0.2) is 17.8 Å². The van der Waals surface area contributed by atoms with Gasteiger partial charge in [-0.05, 0) is 29.3 Å². The number of hydrogen-bond acceptors (Lipinski definition) is 5. The van der Waals surface area contributed by atoms with Crippen LogP contribution in [0.25, 0.3) is 10.4 Å². The number of methoxy groups -OCH3 is 2. The zero-order chi connectivity index (χ0) is 19.2. The third kappa shape index (κ3) is 4.35. The average Bonchev–Trinajstić information content (AvgIpc) is 3.11. The highest BCUT2D eigenvalue weighted by atomic mass is 32.1. The maximum Gasteiger partial charge on any atom is 0.229 e. The van der Waals surface area contributed by atoms with Crippen LogP contribution in [0.2, 0.25) is 0 Å². The third-order valence-corrected chi connectivity index (χ3v) is 5.13. The summed E-state index contributed by atoms with van der Waals surface area (Å²) in [6, 6.07) is 16.9. The Morgan fingerprint density at radius 3 is 2.44 bits per heavy atom. The van der Waals surface area contributed by atoms with E-state index in [0.717, 1.165) is 22.3 Å². The molecule has 0 radical (unpaired) electrons. The number of benzene rings is 2. The SMILES string of the molecule is COc1ccc(CC(=O)Nc2sc(-c3ccccc3)cc2C=O)cc1OC. The van der Waals surface area contributed by atoms with Gasteiger partial charge in [0.25, 0.3) is 0 Å². The van der Waals surface area contributed by atoms with Crippen LogP contribution in [0.5, 0.6) is 11.5 Å². The quantitative estimate of drug-likeness (QED) is 0.615. The van der Waals surface area contributed by atoms with Crippen molar-refractivity contribution in [2.45, 2.75) is 6.42 Å². The number of carbonyl (C=O) groups is 2. The van der Waals surface area contributed by atoms with Crippen molar-refractivity contribution in [1.29, 1.82) is 0 Å². The maximum absolute atomic E-state index is 12.5. The van der Waals surface area contributed by atoms with Gasteiger partial charge < -0.3 is 14.8 Å². The minimum Gasteiger partial charge on any atom is -0.493 e. The highest BCUT2D eigenvalue weighted by molar-refractivity contribution is 7.20. The fraction of sp³-hybridized carbons (Fsp3) is 0.143. The van der Waals surface area contributed by atoms with E-state index in [4.69, 9.17) is 9.47 Å². The van der Waals surface area contributed by atoms with Gasteiger partial charge in [-0.15, -0.1) is 11.3 Å². The predicted molar refractivity (Wildman–Crippen MR) is 107 cm³/mol. The number of anilines is 1. The summed E-state index contributed by atoms with van der Waals surface area (Å²) in [6.45, 7) is 0. The molecule has 0 unspecified atom stereocenters. The summed E-state index contributed by atoms with van der Waals surface area (Å²) >= 11 is 1.38. The molecule has 1 aromatic heterocycles. The molecule has 3 aromatic rings. The monoisotopic (exact) mass is 381 g/mol. The van der Waals surface area contributed by atoms with E-state index in [1.165, 1.54) is 11.3 Å². The van der Waals surface area contributed by atoms with Gasteiger partial charge in [-0.1, -0.05) is 36.4 Å². The summed E-state index contributed by atoms with van der Waals surface area (Å²) in [7, 11) is 3.11. The third-order valence-electron chi connectivity index (χ3n) is 4.01. The molecule has 0 aliphatic rings. The van der Waals surface area contributed by atoms with Crippen LogP contribution < -0.4 is 14.8 Å². The van der Waals surface area contributed by atoms with Gasteiger partial charge in [0.1, 0.15) is 5.00 Å². The van der Waals surface area contributed by atoms with Crippen LogP contribution >= 0.6 is 11.3 Å². The molecule has 27 heavy (non-hydrogen) atoms.